The number of hydrogen-bond donors (Lipinski definition) is 2. The number of hydrogen-bond acceptors (Lipinski definition) is 7. The Labute approximate surface area is 193 Å². The van der Waals surface area contributed by atoms with E-state index in [0.717, 1.165) is 6.07 Å². The summed E-state index contributed by atoms with van der Waals surface area (Å²) in [5.74, 6) is -0.763. The molecule has 1 aliphatic rings. The van der Waals surface area contributed by atoms with Crippen LogP contribution in [0.4, 0.5) is 0 Å². The highest BCUT2D eigenvalue weighted by Gasteiger charge is 2.31. The Morgan fingerprint density at radius 1 is 1.06 bits per heavy atom. The average molecular weight is 476 g/mol. The van der Waals surface area contributed by atoms with Crippen molar-refractivity contribution in [2.75, 3.05) is 26.5 Å². The molecule has 2 N–H and O–H groups in total. The number of nitrogens with zero attached hydrogens (tertiary/aromatic N) is 1. The highest BCUT2D eigenvalue weighted by atomic mass is 32.2. The van der Waals surface area contributed by atoms with Gasteiger partial charge in [0.05, 0.1) is 24.3 Å². The zero-order valence-electron chi connectivity index (χ0n) is 19.0. The van der Waals surface area contributed by atoms with E-state index in [1.807, 2.05) is 0 Å². The molecule has 1 aliphatic heterocycles. The Bertz CT molecular complexity index is 1150. The third-order valence-corrected chi connectivity index (χ3v) is 7.85. The van der Waals surface area contributed by atoms with E-state index in [1.54, 1.807) is 36.1 Å². The maximum Gasteiger partial charge on any atom is 0.227 e. The van der Waals surface area contributed by atoms with E-state index in [0.29, 0.717) is 49.2 Å². The molecule has 2 aromatic rings. The van der Waals surface area contributed by atoms with Gasteiger partial charge in [-0.15, -0.1) is 0 Å². The van der Waals surface area contributed by atoms with Gasteiger partial charge >= 0.3 is 0 Å². The summed E-state index contributed by atoms with van der Waals surface area (Å²) in [6.07, 6.45) is 2.08. The van der Waals surface area contributed by atoms with E-state index < -0.39 is 26.6 Å². The van der Waals surface area contributed by atoms with Crippen LogP contribution in [-0.4, -0.2) is 66.9 Å². The number of carbonyl (C=O) groups is 2. The molecule has 0 bridgehead atoms. The summed E-state index contributed by atoms with van der Waals surface area (Å²) in [6, 6.07) is 7.52. The molecule has 3 rings (SSSR count). The first kappa shape index (κ1) is 24.6. The molecular formula is C24H29NO7S. The summed E-state index contributed by atoms with van der Waals surface area (Å²) in [4.78, 5) is 28.0. The Morgan fingerprint density at radius 2 is 1.67 bits per heavy atom. The quantitative estimate of drug-likeness (QED) is 0.590. The second-order valence-corrected chi connectivity index (χ2v) is 10.6. The van der Waals surface area contributed by atoms with Gasteiger partial charge in [-0.2, -0.15) is 0 Å². The monoisotopic (exact) mass is 475 g/mol. The lowest BCUT2D eigenvalue weighted by Crippen LogP contribution is -2.43. The van der Waals surface area contributed by atoms with Crippen molar-refractivity contribution >= 4 is 21.5 Å². The SMILES string of the molecule is CCc1c(O)cc(O)c(C(=O)c2ccc(OC)cc2)c1CC(=O)N1CCC(S(C)(=O)=O)CC1. The first-order valence-corrected chi connectivity index (χ1v) is 12.7. The number of methoxy groups -OCH3 is 1. The number of carbonyl (C=O) groups excluding carboxylic acids is 2. The predicted molar refractivity (Wildman–Crippen MR) is 124 cm³/mol. The van der Waals surface area contributed by atoms with Gasteiger partial charge < -0.3 is 19.8 Å². The minimum Gasteiger partial charge on any atom is -0.508 e. The minimum absolute atomic E-state index is 0.0193. The Hall–Kier alpha value is -3.07. The Kier molecular flexibility index (Phi) is 7.31. The molecule has 9 heteroatoms. The third kappa shape index (κ3) is 5.30. The number of ketones is 1. The van der Waals surface area contributed by atoms with E-state index >= 15 is 0 Å². The molecule has 1 amide bonds. The lowest BCUT2D eigenvalue weighted by molar-refractivity contribution is -0.131. The lowest BCUT2D eigenvalue weighted by atomic mass is 9.89. The number of likely N-dealkylation sites (tertiary alicyclic amines) is 1. The number of benzene rings is 2. The summed E-state index contributed by atoms with van der Waals surface area (Å²) in [7, 11) is -1.65. The molecule has 0 radical (unpaired) electrons. The number of rotatable bonds is 7. The minimum atomic E-state index is -3.17. The smallest absolute Gasteiger partial charge is 0.227 e. The number of amides is 1. The molecule has 1 fully saturated rings. The van der Waals surface area contributed by atoms with Crippen LogP contribution in [0, 0.1) is 0 Å². The zero-order valence-corrected chi connectivity index (χ0v) is 19.8. The van der Waals surface area contributed by atoms with Gasteiger partial charge in [0.1, 0.15) is 27.1 Å². The molecule has 1 heterocycles. The van der Waals surface area contributed by atoms with Gasteiger partial charge in [-0.3, -0.25) is 9.59 Å². The van der Waals surface area contributed by atoms with E-state index in [-0.39, 0.29) is 29.2 Å². The molecule has 0 spiro atoms. The van der Waals surface area contributed by atoms with Crippen molar-refractivity contribution in [3.8, 4) is 17.2 Å². The number of sulfone groups is 1. The van der Waals surface area contributed by atoms with Crippen molar-refractivity contribution < 1.29 is 33.0 Å². The van der Waals surface area contributed by atoms with E-state index in [2.05, 4.69) is 0 Å². The molecule has 2 aromatic carbocycles. The molecule has 0 saturated carbocycles. The van der Waals surface area contributed by atoms with Crippen molar-refractivity contribution in [3.63, 3.8) is 0 Å². The number of ether oxygens (including phenoxy) is 1. The number of aromatic hydroxyl groups is 2. The summed E-state index contributed by atoms with van der Waals surface area (Å²) >= 11 is 0. The van der Waals surface area contributed by atoms with Crippen LogP contribution in [0.2, 0.25) is 0 Å². The van der Waals surface area contributed by atoms with Crippen molar-refractivity contribution in [3.05, 3.63) is 52.6 Å². The van der Waals surface area contributed by atoms with Crippen LogP contribution in [0.15, 0.2) is 30.3 Å². The summed E-state index contributed by atoms with van der Waals surface area (Å²) in [5.41, 5.74) is 0.991. The highest BCUT2D eigenvalue weighted by Crippen LogP contribution is 2.35. The van der Waals surface area contributed by atoms with Gasteiger partial charge in [0.25, 0.3) is 0 Å². The molecule has 33 heavy (non-hydrogen) atoms. The van der Waals surface area contributed by atoms with E-state index in [1.165, 1.54) is 13.4 Å². The van der Waals surface area contributed by atoms with Crippen LogP contribution < -0.4 is 4.74 Å². The van der Waals surface area contributed by atoms with Gasteiger partial charge in [-0.25, -0.2) is 8.42 Å². The van der Waals surface area contributed by atoms with Crippen LogP contribution in [0.5, 0.6) is 17.2 Å². The Balaban J connectivity index is 1.93. The highest BCUT2D eigenvalue weighted by molar-refractivity contribution is 7.91. The van der Waals surface area contributed by atoms with Gasteiger partial charge in [-0.1, -0.05) is 6.92 Å². The molecular weight excluding hydrogens is 446 g/mol. The van der Waals surface area contributed by atoms with Gasteiger partial charge in [-0.05, 0) is 54.7 Å². The van der Waals surface area contributed by atoms with Crippen LogP contribution in [0.3, 0.4) is 0 Å². The normalized spacial score (nSPS) is 14.8. The van der Waals surface area contributed by atoms with Crippen LogP contribution in [0.25, 0.3) is 0 Å². The fourth-order valence-electron chi connectivity index (χ4n) is 4.27. The molecule has 8 nitrogen and oxygen atoms in total. The van der Waals surface area contributed by atoms with E-state index in [9.17, 15) is 28.2 Å². The van der Waals surface area contributed by atoms with Gasteiger partial charge in [0.15, 0.2) is 5.78 Å². The molecule has 0 unspecified atom stereocenters. The van der Waals surface area contributed by atoms with Crippen molar-refractivity contribution in [1.82, 2.24) is 4.90 Å². The molecule has 0 aliphatic carbocycles. The molecule has 0 aromatic heterocycles. The number of phenols is 2. The van der Waals surface area contributed by atoms with Crippen molar-refractivity contribution in [2.24, 2.45) is 0 Å². The summed E-state index contributed by atoms with van der Waals surface area (Å²) < 4.78 is 28.7. The Morgan fingerprint density at radius 3 is 2.18 bits per heavy atom. The lowest BCUT2D eigenvalue weighted by Gasteiger charge is -2.31. The fraction of sp³-hybridized carbons (Fsp3) is 0.417. The van der Waals surface area contributed by atoms with Crippen molar-refractivity contribution in [2.45, 2.75) is 37.9 Å². The largest absolute Gasteiger partial charge is 0.508 e. The zero-order chi connectivity index (χ0) is 24.3. The molecule has 178 valence electrons. The van der Waals surface area contributed by atoms with Crippen molar-refractivity contribution in [1.29, 1.82) is 0 Å². The van der Waals surface area contributed by atoms with Gasteiger partial charge in [0, 0.05) is 31.0 Å². The second-order valence-electron chi connectivity index (χ2n) is 8.24. The standard InChI is InChI=1S/C24H29NO7S/c1-4-18-19(13-22(28)25-11-9-17(10-12-25)33(3,30)31)23(21(27)14-20(18)26)24(29)15-5-7-16(32-2)8-6-15/h5-8,14,17,26-27H,4,9-13H2,1-3H3. The molecule has 0 atom stereocenters. The fourth-order valence-corrected chi connectivity index (χ4v) is 5.34. The predicted octanol–water partition coefficient (Wildman–Crippen LogP) is 2.48. The number of phenolic OH excluding ortho intramolecular Hbond substituents is 2. The molecule has 1 saturated heterocycles. The van der Waals surface area contributed by atoms with Gasteiger partial charge in [0.2, 0.25) is 5.91 Å². The number of piperidine rings is 1. The average Bonchev–Trinajstić information content (AvgIpc) is 2.78. The van der Waals surface area contributed by atoms with Crippen LogP contribution in [0.1, 0.15) is 46.8 Å². The topological polar surface area (TPSA) is 121 Å². The maximum absolute atomic E-state index is 13.3. The van der Waals surface area contributed by atoms with E-state index in [4.69, 9.17) is 4.74 Å². The third-order valence-electron chi connectivity index (χ3n) is 6.17. The first-order valence-electron chi connectivity index (χ1n) is 10.8. The maximum atomic E-state index is 13.3. The van der Waals surface area contributed by atoms with Crippen LogP contribution >= 0.6 is 0 Å². The van der Waals surface area contributed by atoms with Crippen LogP contribution in [-0.2, 0) is 27.5 Å². The second kappa shape index (κ2) is 9.82. The summed E-state index contributed by atoms with van der Waals surface area (Å²) in [6.45, 7) is 2.38. The summed E-state index contributed by atoms with van der Waals surface area (Å²) in [5, 5.41) is 20.5. The first-order chi connectivity index (χ1) is 15.6.